The van der Waals surface area contributed by atoms with Gasteiger partial charge in [-0.25, -0.2) is 4.79 Å². The predicted octanol–water partition coefficient (Wildman–Crippen LogP) is 4.56. The van der Waals surface area contributed by atoms with Crippen LogP contribution < -0.4 is 16.1 Å². The molecule has 6 heteroatoms. The van der Waals surface area contributed by atoms with E-state index in [4.69, 9.17) is 14.9 Å². The van der Waals surface area contributed by atoms with E-state index >= 15 is 0 Å². The number of aliphatic imine (C=N–C) groups is 1. The Balaban J connectivity index is 2.04. The summed E-state index contributed by atoms with van der Waals surface area (Å²) in [4.78, 5) is 16.4. The number of nitrogens with zero attached hydrogens (tertiary/aromatic N) is 1. The van der Waals surface area contributed by atoms with Crippen LogP contribution in [-0.2, 0) is 5.75 Å². The molecule has 5 nitrogen and oxygen atoms in total. The van der Waals surface area contributed by atoms with Crippen LogP contribution in [0.4, 0.5) is 0 Å². The van der Waals surface area contributed by atoms with Crippen molar-refractivity contribution in [2.24, 2.45) is 16.6 Å². The van der Waals surface area contributed by atoms with E-state index in [0.717, 1.165) is 29.7 Å². The number of nitrogens with two attached hydrogens (primary N) is 1. The molecule has 0 amide bonds. The normalized spacial score (nSPS) is 13.3. The molecule has 0 spiro atoms. The summed E-state index contributed by atoms with van der Waals surface area (Å²) in [5.74, 6) is 1.94. The zero-order valence-corrected chi connectivity index (χ0v) is 16.8. The summed E-state index contributed by atoms with van der Waals surface area (Å²) in [6.45, 7) is 6.55. The molecule has 2 aromatic rings. The van der Waals surface area contributed by atoms with Crippen molar-refractivity contribution >= 4 is 27.9 Å². The van der Waals surface area contributed by atoms with Crippen LogP contribution in [0.2, 0.25) is 0 Å². The topological polar surface area (TPSA) is 77.8 Å². The molecule has 0 aliphatic heterocycles. The Morgan fingerprint density at radius 1 is 1.27 bits per heavy atom. The van der Waals surface area contributed by atoms with Crippen molar-refractivity contribution in [3.05, 3.63) is 40.2 Å². The third-order valence-electron chi connectivity index (χ3n) is 4.16. The lowest BCUT2D eigenvalue weighted by Gasteiger charge is -2.10. The molecule has 26 heavy (non-hydrogen) atoms. The van der Waals surface area contributed by atoms with Crippen LogP contribution in [0.25, 0.3) is 11.0 Å². The lowest BCUT2D eigenvalue weighted by atomic mass is 10.0. The van der Waals surface area contributed by atoms with Crippen molar-refractivity contribution in [3.63, 3.8) is 0 Å². The van der Waals surface area contributed by atoms with Gasteiger partial charge in [-0.3, -0.25) is 4.99 Å². The number of methoxy groups -OCH3 is 1. The van der Waals surface area contributed by atoms with E-state index in [2.05, 4.69) is 25.8 Å². The highest BCUT2D eigenvalue weighted by Crippen LogP contribution is 2.25. The summed E-state index contributed by atoms with van der Waals surface area (Å²) >= 11 is 1.45. The molecular formula is C20H28N2O3S. The molecule has 1 heterocycles. The zero-order valence-electron chi connectivity index (χ0n) is 16.0. The first kappa shape index (κ1) is 20.4. The maximum absolute atomic E-state index is 11.8. The van der Waals surface area contributed by atoms with E-state index in [1.54, 1.807) is 13.2 Å². The lowest BCUT2D eigenvalue weighted by Crippen LogP contribution is -2.12. The molecule has 2 rings (SSSR count). The van der Waals surface area contributed by atoms with Crippen LogP contribution in [0.3, 0.4) is 0 Å². The molecule has 0 saturated carbocycles. The Labute approximate surface area is 159 Å². The minimum Gasteiger partial charge on any atom is -0.497 e. The van der Waals surface area contributed by atoms with Crippen LogP contribution in [0.5, 0.6) is 5.75 Å². The SMILES string of the molecule is COc1ccc2c(CSC(N)=N[C@@H](C)CCCC(C)C)cc(=O)oc2c1. The quantitative estimate of drug-likeness (QED) is 0.415. The average Bonchev–Trinajstić information content (AvgIpc) is 2.58. The molecule has 0 unspecified atom stereocenters. The summed E-state index contributed by atoms with van der Waals surface area (Å²) in [7, 11) is 1.58. The second-order valence-electron chi connectivity index (χ2n) is 6.88. The maximum Gasteiger partial charge on any atom is 0.336 e. The summed E-state index contributed by atoms with van der Waals surface area (Å²) in [6.07, 6.45) is 3.41. The van der Waals surface area contributed by atoms with E-state index in [-0.39, 0.29) is 11.7 Å². The van der Waals surface area contributed by atoms with Gasteiger partial charge in [0.1, 0.15) is 11.3 Å². The molecule has 0 fully saturated rings. The van der Waals surface area contributed by atoms with Crippen LogP contribution in [0, 0.1) is 5.92 Å². The molecule has 142 valence electrons. The van der Waals surface area contributed by atoms with E-state index in [0.29, 0.717) is 22.3 Å². The third kappa shape index (κ3) is 6.09. The van der Waals surface area contributed by atoms with Crippen LogP contribution >= 0.6 is 11.8 Å². The molecule has 1 atom stereocenters. The highest BCUT2D eigenvalue weighted by molar-refractivity contribution is 8.13. The highest BCUT2D eigenvalue weighted by atomic mass is 32.2. The van der Waals surface area contributed by atoms with Crippen molar-refractivity contribution in [2.45, 2.75) is 51.8 Å². The van der Waals surface area contributed by atoms with Gasteiger partial charge in [0.25, 0.3) is 0 Å². The van der Waals surface area contributed by atoms with Crippen LogP contribution in [0.15, 0.2) is 38.5 Å². The van der Waals surface area contributed by atoms with Crippen molar-refractivity contribution < 1.29 is 9.15 Å². The van der Waals surface area contributed by atoms with Gasteiger partial charge < -0.3 is 14.9 Å². The second-order valence-corrected chi connectivity index (χ2v) is 7.88. The van der Waals surface area contributed by atoms with Gasteiger partial charge in [0.05, 0.1) is 7.11 Å². The summed E-state index contributed by atoms with van der Waals surface area (Å²) in [6, 6.07) is 7.20. The van der Waals surface area contributed by atoms with Gasteiger partial charge in [0.15, 0.2) is 5.17 Å². The molecule has 0 aliphatic carbocycles. The van der Waals surface area contributed by atoms with Crippen LogP contribution in [0.1, 0.15) is 45.6 Å². The minimum atomic E-state index is -0.376. The monoisotopic (exact) mass is 376 g/mol. The number of ether oxygens (including phenoxy) is 1. The first-order valence-electron chi connectivity index (χ1n) is 8.96. The average molecular weight is 377 g/mol. The molecule has 0 aliphatic rings. The number of hydrogen-bond donors (Lipinski definition) is 1. The van der Waals surface area contributed by atoms with E-state index < -0.39 is 0 Å². The number of benzene rings is 1. The summed E-state index contributed by atoms with van der Waals surface area (Å²) < 4.78 is 10.5. The fraction of sp³-hybridized carbons (Fsp3) is 0.500. The lowest BCUT2D eigenvalue weighted by molar-refractivity contribution is 0.414. The Kier molecular flexibility index (Phi) is 7.57. The minimum absolute atomic E-state index is 0.211. The maximum atomic E-state index is 11.8. The number of rotatable bonds is 8. The first-order valence-corrected chi connectivity index (χ1v) is 9.94. The van der Waals surface area contributed by atoms with Gasteiger partial charge in [0, 0.05) is 29.3 Å². The van der Waals surface area contributed by atoms with E-state index in [1.165, 1.54) is 24.2 Å². The van der Waals surface area contributed by atoms with Crippen molar-refractivity contribution in [1.29, 1.82) is 0 Å². The first-order chi connectivity index (χ1) is 12.4. The van der Waals surface area contributed by atoms with E-state index in [1.807, 2.05) is 12.1 Å². The van der Waals surface area contributed by atoms with Gasteiger partial charge in [-0.15, -0.1) is 0 Å². The fourth-order valence-electron chi connectivity index (χ4n) is 2.75. The highest BCUT2D eigenvalue weighted by Gasteiger charge is 2.09. The zero-order chi connectivity index (χ0) is 19.1. The molecule has 0 bridgehead atoms. The standard InChI is InChI=1S/C20H28N2O3S/c1-13(2)6-5-7-14(3)22-20(21)26-12-15-10-19(23)25-18-11-16(24-4)8-9-17(15)18/h8-11,13-14H,5-7,12H2,1-4H3,(H2,21,22)/t14-/m0/s1. The van der Waals surface area contributed by atoms with Crippen molar-refractivity contribution in [1.82, 2.24) is 0 Å². The summed E-state index contributed by atoms with van der Waals surface area (Å²) in [5, 5.41) is 1.44. The molecule has 0 radical (unpaired) electrons. The Bertz CT molecular complexity index is 814. The van der Waals surface area contributed by atoms with Gasteiger partial charge in [-0.1, -0.05) is 38.5 Å². The number of amidine groups is 1. The smallest absolute Gasteiger partial charge is 0.336 e. The second kappa shape index (κ2) is 9.67. The predicted molar refractivity (Wildman–Crippen MR) is 110 cm³/mol. The van der Waals surface area contributed by atoms with E-state index in [9.17, 15) is 4.79 Å². The van der Waals surface area contributed by atoms with Gasteiger partial charge >= 0.3 is 5.63 Å². The van der Waals surface area contributed by atoms with Crippen molar-refractivity contribution in [2.75, 3.05) is 7.11 Å². The van der Waals surface area contributed by atoms with Gasteiger partial charge in [-0.2, -0.15) is 0 Å². The molecule has 1 aromatic heterocycles. The van der Waals surface area contributed by atoms with Crippen LogP contribution in [-0.4, -0.2) is 18.3 Å². The Morgan fingerprint density at radius 2 is 2.04 bits per heavy atom. The molecule has 0 saturated heterocycles. The largest absolute Gasteiger partial charge is 0.497 e. The van der Waals surface area contributed by atoms with Crippen molar-refractivity contribution in [3.8, 4) is 5.75 Å². The Hall–Kier alpha value is -1.95. The molecular weight excluding hydrogens is 348 g/mol. The third-order valence-corrected chi connectivity index (χ3v) is 5.02. The Morgan fingerprint density at radius 3 is 2.73 bits per heavy atom. The van der Waals surface area contributed by atoms with Gasteiger partial charge in [-0.05, 0) is 37.0 Å². The summed E-state index contributed by atoms with van der Waals surface area (Å²) in [5.41, 5.74) is 7.10. The number of fused-ring (bicyclic) bond motifs is 1. The number of thioether (sulfide) groups is 1. The molecule has 2 N–H and O–H groups in total. The fourth-order valence-corrected chi connectivity index (χ4v) is 3.55. The van der Waals surface area contributed by atoms with Gasteiger partial charge in [0.2, 0.25) is 0 Å². The number of hydrogen-bond acceptors (Lipinski definition) is 5. The molecule has 1 aromatic carbocycles.